The summed E-state index contributed by atoms with van der Waals surface area (Å²) in [6.45, 7) is 2.52. The van der Waals surface area contributed by atoms with E-state index in [2.05, 4.69) is 12.2 Å². The molecule has 4 heteroatoms. The van der Waals surface area contributed by atoms with E-state index < -0.39 is 5.60 Å². The van der Waals surface area contributed by atoms with Crippen molar-refractivity contribution >= 4 is 5.91 Å². The molecule has 1 aromatic heterocycles. The van der Waals surface area contributed by atoms with Crippen molar-refractivity contribution in [2.24, 2.45) is 5.92 Å². The van der Waals surface area contributed by atoms with Crippen LogP contribution in [0.25, 0.3) is 0 Å². The van der Waals surface area contributed by atoms with Crippen molar-refractivity contribution < 1.29 is 14.3 Å². The van der Waals surface area contributed by atoms with E-state index in [0.717, 1.165) is 31.6 Å². The minimum Gasteiger partial charge on any atom is -0.472 e. The first-order valence-corrected chi connectivity index (χ1v) is 6.66. The molecule has 0 aromatic carbocycles. The van der Waals surface area contributed by atoms with Gasteiger partial charge < -0.3 is 14.8 Å². The Bertz CT molecular complexity index is 378. The van der Waals surface area contributed by atoms with Gasteiger partial charge in [0.25, 0.3) is 5.91 Å². The van der Waals surface area contributed by atoms with Crippen LogP contribution >= 0.6 is 0 Å². The van der Waals surface area contributed by atoms with E-state index in [1.165, 1.54) is 18.9 Å². The standard InChI is InChI=1S/C14H21NO3/c1-2-11-3-6-14(17,7-4-11)10-15-13(16)12-5-8-18-9-12/h5,8-9,11,17H,2-4,6-7,10H2,1H3,(H,15,16). The van der Waals surface area contributed by atoms with Crippen molar-refractivity contribution in [1.82, 2.24) is 5.32 Å². The third-order valence-electron chi connectivity index (χ3n) is 3.97. The molecule has 0 unspecified atom stereocenters. The number of aliphatic hydroxyl groups is 1. The summed E-state index contributed by atoms with van der Waals surface area (Å²) in [4.78, 5) is 11.7. The van der Waals surface area contributed by atoms with Crippen LogP contribution in [0.5, 0.6) is 0 Å². The average molecular weight is 251 g/mol. The summed E-state index contributed by atoms with van der Waals surface area (Å²) in [5.74, 6) is 0.546. The maximum absolute atomic E-state index is 11.7. The van der Waals surface area contributed by atoms with Gasteiger partial charge in [0, 0.05) is 6.54 Å². The molecule has 2 rings (SSSR count). The number of furan rings is 1. The number of carbonyl (C=O) groups excluding carboxylic acids is 1. The minimum atomic E-state index is -0.731. The molecule has 1 aliphatic carbocycles. The molecule has 18 heavy (non-hydrogen) atoms. The maximum atomic E-state index is 11.7. The minimum absolute atomic E-state index is 0.185. The topological polar surface area (TPSA) is 62.5 Å². The predicted octanol–water partition coefficient (Wildman–Crippen LogP) is 2.34. The van der Waals surface area contributed by atoms with Crippen molar-refractivity contribution in [1.29, 1.82) is 0 Å². The summed E-state index contributed by atoms with van der Waals surface area (Å²) < 4.78 is 4.86. The van der Waals surface area contributed by atoms with Gasteiger partial charge in [-0.05, 0) is 37.7 Å². The highest BCUT2D eigenvalue weighted by Crippen LogP contribution is 2.33. The Morgan fingerprint density at radius 2 is 2.28 bits per heavy atom. The van der Waals surface area contributed by atoms with Gasteiger partial charge >= 0.3 is 0 Å². The van der Waals surface area contributed by atoms with E-state index in [-0.39, 0.29) is 5.91 Å². The number of carbonyl (C=O) groups is 1. The van der Waals surface area contributed by atoms with E-state index >= 15 is 0 Å². The molecule has 0 radical (unpaired) electrons. The summed E-state index contributed by atoms with van der Waals surface area (Å²) in [7, 11) is 0. The number of nitrogens with one attached hydrogen (secondary N) is 1. The molecule has 4 nitrogen and oxygen atoms in total. The van der Waals surface area contributed by atoms with Gasteiger partial charge in [-0.1, -0.05) is 13.3 Å². The fraction of sp³-hybridized carbons (Fsp3) is 0.643. The van der Waals surface area contributed by atoms with Crippen LogP contribution in [0.3, 0.4) is 0 Å². The number of hydrogen-bond acceptors (Lipinski definition) is 3. The van der Waals surface area contributed by atoms with Crippen LogP contribution < -0.4 is 5.32 Å². The normalized spacial score (nSPS) is 28.0. The highest BCUT2D eigenvalue weighted by molar-refractivity contribution is 5.93. The van der Waals surface area contributed by atoms with E-state index in [0.29, 0.717) is 12.1 Å². The average Bonchev–Trinajstić information content (AvgIpc) is 2.91. The molecule has 2 N–H and O–H groups in total. The van der Waals surface area contributed by atoms with E-state index in [4.69, 9.17) is 4.42 Å². The summed E-state index contributed by atoms with van der Waals surface area (Å²) in [5.41, 5.74) is -0.230. The van der Waals surface area contributed by atoms with Gasteiger partial charge in [-0.3, -0.25) is 4.79 Å². The van der Waals surface area contributed by atoms with Crippen LogP contribution in [-0.4, -0.2) is 23.2 Å². The molecule has 1 aliphatic rings. The lowest BCUT2D eigenvalue weighted by Gasteiger charge is -2.35. The third-order valence-corrected chi connectivity index (χ3v) is 3.97. The lowest BCUT2D eigenvalue weighted by molar-refractivity contribution is -0.00787. The first-order chi connectivity index (χ1) is 8.63. The molecule has 1 fully saturated rings. The second kappa shape index (κ2) is 5.57. The Hall–Kier alpha value is -1.29. The molecular formula is C14H21NO3. The summed E-state index contributed by atoms with van der Waals surface area (Å²) >= 11 is 0. The van der Waals surface area contributed by atoms with Crippen LogP contribution in [0.15, 0.2) is 23.0 Å². The summed E-state index contributed by atoms with van der Waals surface area (Å²) in [6.07, 6.45) is 7.71. The molecule has 1 amide bonds. The second-order valence-electron chi connectivity index (χ2n) is 5.27. The number of rotatable bonds is 4. The third kappa shape index (κ3) is 3.13. The van der Waals surface area contributed by atoms with Gasteiger partial charge in [-0.25, -0.2) is 0 Å². The first kappa shape index (κ1) is 13.1. The van der Waals surface area contributed by atoms with Gasteiger partial charge in [-0.15, -0.1) is 0 Å². The summed E-state index contributed by atoms with van der Waals surface area (Å²) in [5, 5.41) is 13.2. The molecular weight excluding hydrogens is 230 g/mol. The van der Waals surface area contributed by atoms with E-state index in [1.54, 1.807) is 6.07 Å². The van der Waals surface area contributed by atoms with Crippen molar-refractivity contribution in [2.75, 3.05) is 6.54 Å². The Morgan fingerprint density at radius 3 is 2.83 bits per heavy atom. The number of amides is 1. The van der Waals surface area contributed by atoms with Gasteiger partial charge in [0.2, 0.25) is 0 Å². The number of hydrogen-bond donors (Lipinski definition) is 2. The lowest BCUT2D eigenvalue weighted by atomic mass is 9.78. The lowest BCUT2D eigenvalue weighted by Crippen LogP contribution is -2.45. The van der Waals surface area contributed by atoms with Crippen LogP contribution in [0.4, 0.5) is 0 Å². The quantitative estimate of drug-likeness (QED) is 0.863. The molecule has 0 saturated heterocycles. The Morgan fingerprint density at radius 1 is 1.56 bits per heavy atom. The Kier molecular flexibility index (Phi) is 4.07. The van der Waals surface area contributed by atoms with E-state index in [1.807, 2.05) is 0 Å². The van der Waals surface area contributed by atoms with Crippen molar-refractivity contribution in [3.8, 4) is 0 Å². The smallest absolute Gasteiger partial charge is 0.254 e. The van der Waals surface area contributed by atoms with Crippen molar-refractivity contribution in [3.05, 3.63) is 24.2 Å². The van der Waals surface area contributed by atoms with E-state index in [9.17, 15) is 9.90 Å². The molecule has 0 spiro atoms. The van der Waals surface area contributed by atoms with Gasteiger partial charge in [0.05, 0.1) is 17.4 Å². The molecule has 0 atom stereocenters. The zero-order chi connectivity index (χ0) is 13.0. The van der Waals surface area contributed by atoms with Crippen LogP contribution in [0.2, 0.25) is 0 Å². The van der Waals surface area contributed by atoms with Crippen LogP contribution in [0, 0.1) is 5.92 Å². The molecule has 1 aromatic rings. The zero-order valence-electron chi connectivity index (χ0n) is 10.8. The highest BCUT2D eigenvalue weighted by atomic mass is 16.3. The molecule has 100 valence electrons. The SMILES string of the molecule is CCC1CCC(O)(CNC(=O)c2ccoc2)CC1. The molecule has 0 bridgehead atoms. The van der Waals surface area contributed by atoms with Crippen LogP contribution in [-0.2, 0) is 0 Å². The Labute approximate surface area is 107 Å². The maximum Gasteiger partial charge on any atom is 0.254 e. The zero-order valence-corrected chi connectivity index (χ0v) is 10.8. The van der Waals surface area contributed by atoms with Crippen molar-refractivity contribution in [3.63, 3.8) is 0 Å². The van der Waals surface area contributed by atoms with Gasteiger partial charge in [0.15, 0.2) is 0 Å². The molecule has 1 heterocycles. The van der Waals surface area contributed by atoms with Gasteiger partial charge in [-0.2, -0.15) is 0 Å². The van der Waals surface area contributed by atoms with Crippen LogP contribution in [0.1, 0.15) is 49.4 Å². The van der Waals surface area contributed by atoms with Crippen molar-refractivity contribution in [2.45, 2.75) is 44.6 Å². The highest BCUT2D eigenvalue weighted by Gasteiger charge is 2.32. The summed E-state index contributed by atoms with van der Waals surface area (Å²) in [6, 6.07) is 1.62. The predicted molar refractivity (Wildman–Crippen MR) is 68.2 cm³/mol. The largest absolute Gasteiger partial charge is 0.472 e. The first-order valence-electron chi connectivity index (χ1n) is 6.66. The van der Waals surface area contributed by atoms with Gasteiger partial charge in [0.1, 0.15) is 6.26 Å². The monoisotopic (exact) mass is 251 g/mol. The molecule has 1 saturated carbocycles. The molecule has 0 aliphatic heterocycles. The second-order valence-corrected chi connectivity index (χ2v) is 5.27. The fourth-order valence-corrected chi connectivity index (χ4v) is 2.54. The fourth-order valence-electron chi connectivity index (χ4n) is 2.54. The Balaban J connectivity index is 1.81.